The minimum atomic E-state index is -1.65. The smallest absolute Gasteiger partial charge is 0.417 e. The van der Waals surface area contributed by atoms with E-state index in [9.17, 15) is 14.0 Å². The molecule has 0 saturated heterocycles. The molecule has 0 aromatic heterocycles. The Labute approximate surface area is 151 Å². The van der Waals surface area contributed by atoms with Crippen LogP contribution in [0.4, 0.5) is 4.39 Å². The van der Waals surface area contributed by atoms with Crippen molar-refractivity contribution < 1.29 is 23.8 Å². The van der Waals surface area contributed by atoms with Crippen molar-refractivity contribution in [3.8, 4) is 0 Å². The highest BCUT2D eigenvalue weighted by Crippen LogP contribution is 2.41. The molecule has 25 heavy (non-hydrogen) atoms. The second kappa shape index (κ2) is 8.15. The maximum Gasteiger partial charge on any atom is 0.417 e. The van der Waals surface area contributed by atoms with Gasteiger partial charge in [-0.3, -0.25) is 0 Å². The van der Waals surface area contributed by atoms with Gasteiger partial charge in [0.25, 0.3) is 0 Å². The summed E-state index contributed by atoms with van der Waals surface area (Å²) in [5.41, 5.74) is -0.822. The molecule has 1 aliphatic carbocycles. The standard InChI is InChI=1S/C18H23ClFNO4/c1-21(2)11-12-6-3-4-9-18(12,25-17(24)16(22)23)10-13-14(19)7-5-8-15(13)20/h5,7-8,12H,3-4,6,9-11H2,1-2H3,(H,22,23)/t12-,18-/m1/s1. The summed E-state index contributed by atoms with van der Waals surface area (Å²) >= 11 is 6.16. The molecule has 1 aromatic carbocycles. The Balaban J connectivity index is 2.43. The van der Waals surface area contributed by atoms with E-state index in [4.69, 9.17) is 21.4 Å². The fourth-order valence-electron chi connectivity index (χ4n) is 3.61. The number of halogens is 2. The molecule has 7 heteroatoms. The van der Waals surface area contributed by atoms with E-state index < -0.39 is 23.4 Å². The van der Waals surface area contributed by atoms with E-state index in [0.717, 1.165) is 19.3 Å². The first-order chi connectivity index (χ1) is 11.7. The molecule has 1 aromatic rings. The zero-order valence-electron chi connectivity index (χ0n) is 14.4. The van der Waals surface area contributed by atoms with Gasteiger partial charge in [-0.05, 0) is 45.5 Å². The van der Waals surface area contributed by atoms with Crippen LogP contribution in [-0.2, 0) is 20.7 Å². The van der Waals surface area contributed by atoms with Crippen molar-refractivity contribution in [1.82, 2.24) is 4.90 Å². The van der Waals surface area contributed by atoms with Gasteiger partial charge in [0.2, 0.25) is 0 Å². The van der Waals surface area contributed by atoms with Crippen LogP contribution < -0.4 is 0 Å². The minimum Gasteiger partial charge on any atom is -0.473 e. The van der Waals surface area contributed by atoms with Crippen molar-refractivity contribution in [2.75, 3.05) is 20.6 Å². The normalized spacial score (nSPS) is 23.5. The second-order valence-electron chi connectivity index (χ2n) is 6.84. The summed E-state index contributed by atoms with van der Waals surface area (Å²) in [5, 5.41) is 9.24. The Kier molecular flexibility index (Phi) is 6.41. The topological polar surface area (TPSA) is 66.8 Å². The molecule has 0 spiro atoms. The zero-order chi connectivity index (χ0) is 18.6. The van der Waals surface area contributed by atoms with Crippen molar-refractivity contribution in [2.24, 2.45) is 5.92 Å². The van der Waals surface area contributed by atoms with Gasteiger partial charge < -0.3 is 14.7 Å². The molecule has 2 rings (SSSR count). The summed E-state index contributed by atoms with van der Waals surface area (Å²) < 4.78 is 19.8. The van der Waals surface area contributed by atoms with Crippen LogP contribution in [0.2, 0.25) is 5.02 Å². The highest BCUT2D eigenvalue weighted by atomic mass is 35.5. The molecule has 5 nitrogen and oxygen atoms in total. The molecule has 0 unspecified atom stereocenters. The summed E-state index contributed by atoms with van der Waals surface area (Å²) in [6.45, 7) is 0.610. The number of hydrogen-bond donors (Lipinski definition) is 1. The third kappa shape index (κ3) is 4.70. The number of benzene rings is 1. The number of rotatable bonds is 5. The van der Waals surface area contributed by atoms with Crippen LogP contribution in [0, 0.1) is 11.7 Å². The SMILES string of the molecule is CN(C)C[C@H]1CCCC[C@]1(Cc1c(F)cccc1Cl)OC(=O)C(=O)O. The minimum absolute atomic E-state index is 0.0655. The predicted octanol–water partition coefficient (Wildman–Crippen LogP) is 3.14. The van der Waals surface area contributed by atoms with Gasteiger partial charge in [0.15, 0.2) is 0 Å². The first-order valence-electron chi connectivity index (χ1n) is 8.29. The maximum atomic E-state index is 14.3. The average molecular weight is 372 g/mol. The van der Waals surface area contributed by atoms with Gasteiger partial charge in [-0.1, -0.05) is 24.1 Å². The third-order valence-electron chi connectivity index (χ3n) is 4.74. The van der Waals surface area contributed by atoms with Gasteiger partial charge in [-0.15, -0.1) is 0 Å². The number of ether oxygens (including phenoxy) is 1. The number of carbonyl (C=O) groups is 2. The lowest BCUT2D eigenvalue weighted by molar-refractivity contribution is -0.183. The molecule has 0 bridgehead atoms. The Morgan fingerprint density at radius 3 is 2.72 bits per heavy atom. The van der Waals surface area contributed by atoms with Crippen molar-refractivity contribution in [1.29, 1.82) is 0 Å². The Bertz CT molecular complexity index is 632. The largest absolute Gasteiger partial charge is 0.473 e. The molecule has 1 saturated carbocycles. The number of carbonyl (C=O) groups excluding carboxylic acids is 1. The molecule has 0 amide bonds. The number of esters is 1. The van der Waals surface area contributed by atoms with Crippen molar-refractivity contribution in [3.05, 3.63) is 34.6 Å². The number of nitrogens with zero attached hydrogens (tertiary/aromatic N) is 1. The van der Waals surface area contributed by atoms with Crippen molar-refractivity contribution >= 4 is 23.5 Å². The summed E-state index contributed by atoms with van der Waals surface area (Å²) in [4.78, 5) is 24.9. The molecule has 0 aliphatic heterocycles. The summed E-state index contributed by atoms with van der Waals surface area (Å²) in [6.07, 6.45) is 3.06. The van der Waals surface area contributed by atoms with Crippen molar-refractivity contribution in [3.63, 3.8) is 0 Å². The first-order valence-corrected chi connectivity index (χ1v) is 8.67. The highest BCUT2D eigenvalue weighted by Gasteiger charge is 2.46. The van der Waals surface area contributed by atoms with Crippen LogP contribution in [0.15, 0.2) is 18.2 Å². The molecule has 0 heterocycles. The lowest BCUT2D eigenvalue weighted by atomic mass is 9.71. The predicted molar refractivity (Wildman–Crippen MR) is 92.1 cm³/mol. The summed E-state index contributed by atoms with van der Waals surface area (Å²) in [7, 11) is 3.79. The van der Waals surface area contributed by atoms with Gasteiger partial charge in [-0.2, -0.15) is 0 Å². The monoisotopic (exact) mass is 371 g/mol. The molecule has 2 atom stereocenters. The van der Waals surface area contributed by atoms with E-state index in [2.05, 4.69) is 0 Å². The van der Waals surface area contributed by atoms with Gasteiger partial charge in [0.1, 0.15) is 11.4 Å². The van der Waals surface area contributed by atoms with Gasteiger partial charge in [0, 0.05) is 29.5 Å². The van der Waals surface area contributed by atoms with Crippen LogP contribution in [0.25, 0.3) is 0 Å². The Morgan fingerprint density at radius 1 is 1.40 bits per heavy atom. The van der Waals surface area contributed by atoms with E-state index in [-0.39, 0.29) is 22.9 Å². The number of carboxylic acid groups (broad SMARTS) is 1. The average Bonchev–Trinajstić information content (AvgIpc) is 2.53. The zero-order valence-corrected chi connectivity index (χ0v) is 15.2. The molecule has 0 radical (unpaired) electrons. The quantitative estimate of drug-likeness (QED) is 0.636. The lowest BCUT2D eigenvalue weighted by Crippen LogP contribution is -2.51. The summed E-state index contributed by atoms with van der Waals surface area (Å²) in [5.74, 6) is -3.53. The highest BCUT2D eigenvalue weighted by molar-refractivity contribution is 6.31. The van der Waals surface area contributed by atoms with Crippen molar-refractivity contribution in [2.45, 2.75) is 37.7 Å². The van der Waals surface area contributed by atoms with Crippen LogP contribution in [-0.4, -0.2) is 48.2 Å². The van der Waals surface area contributed by atoms with Gasteiger partial charge >= 0.3 is 11.9 Å². The molecule has 1 fully saturated rings. The van der Waals surface area contributed by atoms with Crippen LogP contribution in [0.1, 0.15) is 31.2 Å². The van der Waals surface area contributed by atoms with E-state index in [1.165, 1.54) is 12.1 Å². The van der Waals surface area contributed by atoms with E-state index in [0.29, 0.717) is 13.0 Å². The second-order valence-corrected chi connectivity index (χ2v) is 7.25. The molecule has 1 aliphatic rings. The van der Waals surface area contributed by atoms with Gasteiger partial charge in [0.05, 0.1) is 0 Å². The molecule has 138 valence electrons. The lowest BCUT2D eigenvalue weighted by Gasteiger charge is -2.44. The molecular weight excluding hydrogens is 349 g/mol. The fraction of sp³-hybridized carbons (Fsp3) is 0.556. The van der Waals surface area contributed by atoms with E-state index in [1.807, 2.05) is 19.0 Å². The van der Waals surface area contributed by atoms with Crippen LogP contribution in [0.5, 0.6) is 0 Å². The number of carboxylic acids is 1. The van der Waals surface area contributed by atoms with Crippen LogP contribution >= 0.6 is 11.6 Å². The number of aliphatic carboxylic acids is 1. The molecular formula is C18H23ClFNO4. The maximum absolute atomic E-state index is 14.3. The first kappa shape index (κ1) is 19.7. The summed E-state index contributed by atoms with van der Waals surface area (Å²) in [6, 6.07) is 4.39. The van der Waals surface area contributed by atoms with Crippen LogP contribution in [0.3, 0.4) is 0 Å². The Hall–Kier alpha value is -1.66. The number of hydrogen-bond acceptors (Lipinski definition) is 4. The van der Waals surface area contributed by atoms with E-state index in [1.54, 1.807) is 6.07 Å². The third-order valence-corrected chi connectivity index (χ3v) is 5.09. The van der Waals surface area contributed by atoms with E-state index >= 15 is 0 Å². The fourth-order valence-corrected chi connectivity index (χ4v) is 3.84. The Morgan fingerprint density at radius 2 is 2.12 bits per heavy atom. The molecule has 1 N–H and O–H groups in total. The van der Waals surface area contributed by atoms with Gasteiger partial charge in [-0.25, -0.2) is 14.0 Å².